The van der Waals surface area contributed by atoms with Crippen LogP contribution < -0.4 is 9.64 Å². The minimum Gasteiger partial charge on any atom is -0.495 e. The molecule has 0 atom stereocenters. The number of piperazine rings is 1. The number of methoxy groups -OCH3 is 1. The van der Waals surface area contributed by atoms with Crippen molar-refractivity contribution in [3.63, 3.8) is 0 Å². The molecule has 1 saturated heterocycles. The topological polar surface area (TPSA) is 39.5 Å². The maximum Gasteiger partial charge on any atom is 0.142 e. The summed E-state index contributed by atoms with van der Waals surface area (Å²) in [6.45, 7) is 4.74. The molecular formula is C19H21N3O. The molecule has 0 N–H and O–H groups in total. The molecule has 1 heterocycles. The lowest BCUT2D eigenvalue weighted by Crippen LogP contribution is -2.46. The van der Waals surface area contributed by atoms with Crippen molar-refractivity contribution in [3.05, 3.63) is 59.7 Å². The van der Waals surface area contributed by atoms with Crippen LogP contribution in [0.2, 0.25) is 0 Å². The van der Waals surface area contributed by atoms with Gasteiger partial charge in [-0.1, -0.05) is 30.3 Å². The zero-order chi connectivity index (χ0) is 16.1. The maximum absolute atomic E-state index is 9.21. The van der Waals surface area contributed by atoms with Crippen molar-refractivity contribution < 1.29 is 4.74 Å². The summed E-state index contributed by atoms with van der Waals surface area (Å²) in [6.07, 6.45) is 0. The third-order valence-electron chi connectivity index (χ3n) is 4.33. The second-order valence-corrected chi connectivity index (χ2v) is 5.70. The van der Waals surface area contributed by atoms with Crippen LogP contribution in [0.25, 0.3) is 0 Å². The maximum atomic E-state index is 9.21. The lowest BCUT2D eigenvalue weighted by Gasteiger charge is -2.36. The predicted molar refractivity (Wildman–Crippen MR) is 91.6 cm³/mol. The fraction of sp³-hybridized carbons (Fsp3) is 0.316. The average molecular weight is 307 g/mol. The zero-order valence-corrected chi connectivity index (χ0v) is 13.4. The van der Waals surface area contributed by atoms with Crippen LogP contribution in [0.5, 0.6) is 5.75 Å². The first-order chi connectivity index (χ1) is 11.3. The number of nitrogens with zero attached hydrogens (tertiary/aromatic N) is 3. The highest BCUT2D eigenvalue weighted by Crippen LogP contribution is 2.28. The second-order valence-electron chi connectivity index (χ2n) is 5.70. The normalized spacial score (nSPS) is 15.2. The Balaban J connectivity index is 1.64. The largest absolute Gasteiger partial charge is 0.495 e. The summed E-state index contributed by atoms with van der Waals surface area (Å²) >= 11 is 0. The number of hydrogen-bond donors (Lipinski definition) is 0. The molecule has 4 heteroatoms. The molecule has 1 aliphatic rings. The van der Waals surface area contributed by atoms with E-state index in [9.17, 15) is 5.26 Å². The summed E-state index contributed by atoms with van der Waals surface area (Å²) < 4.78 is 5.46. The van der Waals surface area contributed by atoms with Crippen LogP contribution in [-0.2, 0) is 6.54 Å². The van der Waals surface area contributed by atoms with Gasteiger partial charge < -0.3 is 9.64 Å². The molecule has 4 nitrogen and oxygen atoms in total. The van der Waals surface area contributed by atoms with Gasteiger partial charge in [0.2, 0.25) is 0 Å². The Hall–Kier alpha value is -2.51. The summed E-state index contributed by atoms with van der Waals surface area (Å²) in [4.78, 5) is 4.77. The number of rotatable bonds is 4. The number of para-hydroxylation sites is 2. The van der Waals surface area contributed by atoms with Crippen molar-refractivity contribution >= 4 is 5.69 Å². The lowest BCUT2D eigenvalue weighted by molar-refractivity contribution is 0.249. The summed E-state index contributed by atoms with van der Waals surface area (Å²) in [7, 11) is 1.72. The van der Waals surface area contributed by atoms with Crippen molar-refractivity contribution in [2.45, 2.75) is 6.54 Å². The minimum atomic E-state index is 0.777. The highest BCUT2D eigenvalue weighted by Gasteiger charge is 2.20. The fourth-order valence-electron chi connectivity index (χ4n) is 3.05. The van der Waals surface area contributed by atoms with Crippen molar-refractivity contribution in [1.29, 1.82) is 5.26 Å². The Morgan fingerprint density at radius 3 is 2.43 bits per heavy atom. The van der Waals surface area contributed by atoms with Gasteiger partial charge in [0.15, 0.2) is 0 Å². The third kappa shape index (κ3) is 3.46. The molecule has 3 rings (SSSR count). The Bertz CT molecular complexity index is 700. The third-order valence-corrected chi connectivity index (χ3v) is 4.33. The number of hydrogen-bond acceptors (Lipinski definition) is 4. The van der Waals surface area contributed by atoms with Crippen molar-refractivity contribution in [2.24, 2.45) is 0 Å². The van der Waals surface area contributed by atoms with Crippen LogP contribution in [0.15, 0.2) is 48.5 Å². The molecule has 2 aromatic rings. The number of ether oxygens (including phenoxy) is 1. The zero-order valence-electron chi connectivity index (χ0n) is 13.4. The summed E-state index contributed by atoms with van der Waals surface area (Å²) in [5, 5.41) is 9.21. The van der Waals surface area contributed by atoms with Crippen LogP contribution in [0.4, 0.5) is 5.69 Å². The molecule has 0 amide bonds. The summed E-state index contributed by atoms with van der Waals surface area (Å²) in [6, 6.07) is 18.3. The van der Waals surface area contributed by atoms with Gasteiger partial charge in [-0.3, -0.25) is 4.90 Å². The van der Waals surface area contributed by atoms with Crippen LogP contribution in [0.3, 0.4) is 0 Å². The van der Waals surface area contributed by atoms with E-state index in [-0.39, 0.29) is 0 Å². The van der Waals surface area contributed by atoms with E-state index >= 15 is 0 Å². The Labute approximate surface area is 137 Å². The van der Waals surface area contributed by atoms with Crippen molar-refractivity contribution in [3.8, 4) is 11.8 Å². The fourth-order valence-corrected chi connectivity index (χ4v) is 3.05. The summed E-state index contributed by atoms with van der Waals surface area (Å²) in [5.74, 6) is 0.927. The smallest absolute Gasteiger partial charge is 0.142 e. The molecule has 1 fully saturated rings. The predicted octanol–water partition coefficient (Wildman–Crippen LogP) is 2.89. The highest BCUT2D eigenvalue weighted by molar-refractivity contribution is 5.58. The van der Waals surface area contributed by atoms with Crippen LogP contribution in [-0.4, -0.2) is 38.2 Å². The van der Waals surface area contributed by atoms with Gasteiger partial charge in [0.25, 0.3) is 0 Å². The van der Waals surface area contributed by atoms with E-state index < -0.39 is 0 Å². The lowest BCUT2D eigenvalue weighted by atomic mass is 10.1. The van der Waals surface area contributed by atoms with Crippen LogP contribution >= 0.6 is 0 Å². The van der Waals surface area contributed by atoms with E-state index in [4.69, 9.17) is 4.74 Å². The van der Waals surface area contributed by atoms with Gasteiger partial charge in [0.05, 0.1) is 24.4 Å². The molecule has 1 aliphatic heterocycles. The van der Waals surface area contributed by atoms with E-state index in [0.29, 0.717) is 0 Å². The van der Waals surface area contributed by atoms with Gasteiger partial charge >= 0.3 is 0 Å². The summed E-state index contributed by atoms with van der Waals surface area (Å²) in [5.41, 5.74) is 3.05. The van der Waals surface area contributed by atoms with Crippen LogP contribution in [0.1, 0.15) is 11.1 Å². The number of nitriles is 1. The standard InChI is InChI=1S/C19H21N3O/c1-23-19-9-5-4-8-18(19)22-12-10-21(11-13-22)15-17-7-3-2-6-16(17)14-20/h2-9H,10-13,15H2,1H3. The number of anilines is 1. The van der Waals surface area contributed by atoms with Crippen molar-refractivity contribution in [2.75, 3.05) is 38.2 Å². The molecular weight excluding hydrogens is 286 g/mol. The molecule has 0 radical (unpaired) electrons. The van der Waals surface area contributed by atoms with E-state index in [1.54, 1.807) is 7.11 Å². The molecule has 0 bridgehead atoms. The molecule has 0 saturated carbocycles. The SMILES string of the molecule is COc1ccccc1N1CCN(Cc2ccccc2C#N)CC1. The van der Waals surface area contributed by atoms with E-state index in [1.165, 1.54) is 0 Å². The molecule has 0 aromatic heterocycles. The van der Waals surface area contributed by atoms with Gasteiger partial charge in [0, 0.05) is 32.7 Å². The molecule has 23 heavy (non-hydrogen) atoms. The van der Waals surface area contributed by atoms with Crippen molar-refractivity contribution in [1.82, 2.24) is 4.90 Å². The molecule has 0 unspecified atom stereocenters. The molecule has 2 aromatic carbocycles. The second kappa shape index (κ2) is 7.17. The minimum absolute atomic E-state index is 0.777. The molecule has 118 valence electrons. The molecule has 0 spiro atoms. The monoisotopic (exact) mass is 307 g/mol. The van der Waals surface area contributed by atoms with Crippen LogP contribution in [0, 0.1) is 11.3 Å². The van der Waals surface area contributed by atoms with Gasteiger partial charge in [-0.25, -0.2) is 0 Å². The highest BCUT2D eigenvalue weighted by atomic mass is 16.5. The van der Waals surface area contributed by atoms with E-state index in [0.717, 1.165) is 55.3 Å². The Morgan fingerprint density at radius 1 is 1.00 bits per heavy atom. The Kier molecular flexibility index (Phi) is 4.80. The molecule has 0 aliphatic carbocycles. The van der Waals surface area contributed by atoms with E-state index in [2.05, 4.69) is 21.9 Å². The average Bonchev–Trinajstić information content (AvgIpc) is 2.63. The van der Waals surface area contributed by atoms with Gasteiger partial charge in [-0.05, 0) is 23.8 Å². The van der Waals surface area contributed by atoms with Gasteiger partial charge in [0.1, 0.15) is 5.75 Å². The number of benzene rings is 2. The quantitative estimate of drug-likeness (QED) is 0.871. The first-order valence-electron chi connectivity index (χ1n) is 7.90. The first-order valence-corrected chi connectivity index (χ1v) is 7.90. The van der Waals surface area contributed by atoms with E-state index in [1.807, 2.05) is 42.5 Å². The van der Waals surface area contributed by atoms with Gasteiger partial charge in [-0.2, -0.15) is 5.26 Å². The van der Waals surface area contributed by atoms with Gasteiger partial charge in [-0.15, -0.1) is 0 Å². The first kappa shape index (κ1) is 15.4. The Morgan fingerprint density at radius 2 is 1.70 bits per heavy atom.